The fourth-order valence-electron chi connectivity index (χ4n) is 5.68. The summed E-state index contributed by atoms with van der Waals surface area (Å²) in [5.41, 5.74) is 8.38. The van der Waals surface area contributed by atoms with Gasteiger partial charge in [0.2, 0.25) is 0 Å². The summed E-state index contributed by atoms with van der Waals surface area (Å²) in [6, 6.07) is 27.6. The zero-order valence-corrected chi connectivity index (χ0v) is 27.2. The van der Waals surface area contributed by atoms with Crippen molar-refractivity contribution in [2.75, 3.05) is 11.9 Å². The summed E-state index contributed by atoms with van der Waals surface area (Å²) in [6.07, 6.45) is 5.77. The van der Waals surface area contributed by atoms with Crippen LogP contribution in [0.15, 0.2) is 85.1 Å². The standard InChI is InChI=1S/C39H48N2O3/c1-7-44-37(42)10-8-9-36-25-34(26-41(36)6)39(43)33-19-21-35(22-20-33)40-38(31-15-11-29(12-16-31)23-27(2)3)32-17-13-30(14-18-32)24-28(4)5/h11-22,25-28,38,40H,7-10,23-24H2,1-6H3. The number of ketones is 1. The van der Waals surface area contributed by atoms with Gasteiger partial charge in [-0.15, -0.1) is 0 Å². The molecule has 0 aliphatic heterocycles. The molecule has 1 aromatic heterocycles. The Morgan fingerprint density at radius 1 is 0.773 bits per heavy atom. The molecule has 0 saturated carbocycles. The molecular weight excluding hydrogens is 544 g/mol. The first-order valence-corrected chi connectivity index (χ1v) is 16.0. The fourth-order valence-corrected chi connectivity index (χ4v) is 5.68. The third-order valence-corrected chi connectivity index (χ3v) is 7.86. The number of aromatic nitrogens is 1. The number of carbonyl (C=O) groups is 2. The minimum Gasteiger partial charge on any atom is -0.466 e. The highest BCUT2D eigenvalue weighted by Crippen LogP contribution is 2.29. The number of hydrogen-bond acceptors (Lipinski definition) is 4. The molecule has 44 heavy (non-hydrogen) atoms. The SMILES string of the molecule is CCOC(=O)CCCc1cc(C(=O)c2ccc(NC(c3ccc(CC(C)C)cc3)c3ccc(CC(C)C)cc3)cc2)cn1C. The summed E-state index contributed by atoms with van der Waals surface area (Å²) in [7, 11) is 1.94. The van der Waals surface area contributed by atoms with Crippen molar-refractivity contribution in [2.24, 2.45) is 18.9 Å². The number of ether oxygens (including phenoxy) is 1. The van der Waals surface area contributed by atoms with Gasteiger partial charge in [-0.1, -0.05) is 76.2 Å². The molecule has 3 aromatic carbocycles. The van der Waals surface area contributed by atoms with Crippen LogP contribution in [0.1, 0.15) is 97.4 Å². The van der Waals surface area contributed by atoms with Gasteiger partial charge in [-0.25, -0.2) is 0 Å². The van der Waals surface area contributed by atoms with E-state index in [2.05, 4.69) is 81.5 Å². The Morgan fingerprint density at radius 2 is 1.32 bits per heavy atom. The quantitative estimate of drug-likeness (QED) is 0.111. The van der Waals surface area contributed by atoms with E-state index in [0.29, 0.717) is 48.8 Å². The minimum absolute atomic E-state index is 0.0122. The van der Waals surface area contributed by atoms with E-state index in [0.717, 1.165) is 24.2 Å². The average molecular weight is 593 g/mol. The molecule has 0 unspecified atom stereocenters. The second-order valence-electron chi connectivity index (χ2n) is 12.7. The molecule has 0 spiro atoms. The van der Waals surface area contributed by atoms with Crippen LogP contribution in [0, 0.1) is 11.8 Å². The molecule has 5 heteroatoms. The van der Waals surface area contributed by atoms with Crippen LogP contribution >= 0.6 is 0 Å². The smallest absolute Gasteiger partial charge is 0.305 e. The molecule has 232 valence electrons. The van der Waals surface area contributed by atoms with Crippen molar-refractivity contribution in [3.8, 4) is 0 Å². The summed E-state index contributed by atoms with van der Waals surface area (Å²) < 4.78 is 6.99. The van der Waals surface area contributed by atoms with E-state index in [1.54, 1.807) is 0 Å². The van der Waals surface area contributed by atoms with Crippen LogP contribution in [0.4, 0.5) is 5.69 Å². The molecule has 0 aliphatic carbocycles. The Labute approximate surface area is 263 Å². The van der Waals surface area contributed by atoms with E-state index in [9.17, 15) is 9.59 Å². The van der Waals surface area contributed by atoms with Gasteiger partial charge in [-0.2, -0.15) is 0 Å². The van der Waals surface area contributed by atoms with Gasteiger partial charge in [0.25, 0.3) is 0 Å². The van der Waals surface area contributed by atoms with Crippen LogP contribution in [0.3, 0.4) is 0 Å². The van der Waals surface area contributed by atoms with Gasteiger partial charge in [0, 0.05) is 42.2 Å². The maximum Gasteiger partial charge on any atom is 0.305 e. The number of carbonyl (C=O) groups excluding carboxylic acids is 2. The Kier molecular flexibility index (Phi) is 11.6. The van der Waals surface area contributed by atoms with Gasteiger partial charge in [0.15, 0.2) is 5.78 Å². The van der Waals surface area contributed by atoms with Crippen molar-refractivity contribution in [2.45, 2.75) is 72.8 Å². The normalized spacial score (nSPS) is 11.4. The molecule has 0 amide bonds. The monoisotopic (exact) mass is 592 g/mol. The van der Waals surface area contributed by atoms with E-state index in [1.165, 1.54) is 22.3 Å². The predicted octanol–water partition coefficient (Wildman–Crippen LogP) is 8.74. The second-order valence-corrected chi connectivity index (χ2v) is 12.7. The first-order chi connectivity index (χ1) is 21.1. The zero-order valence-electron chi connectivity index (χ0n) is 27.2. The van der Waals surface area contributed by atoms with Crippen LogP contribution in [-0.2, 0) is 35.8 Å². The first-order valence-electron chi connectivity index (χ1n) is 16.0. The average Bonchev–Trinajstić information content (AvgIpc) is 3.36. The Morgan fingerprint density at radius 3 is 1.82 bits per heavy atom. The molecule has 0 saturated heterocycles. The lowest BCUT2D eigenvalue weighted by molar-refractivity contribution is -0.143. The van der Waals surface area contributed by atoms with E-state index in [-0.39, 0.29) is 17.8 Å². The Bertz CT molecular complexity index is 1440. The summed E-state index contributed by atoms with van der Waals surface area (Å²) in [5.74, 6) is 1.04. The molecule has 0 bridgehead atoms. The molecule has 0 radical (unpaired) electrons. The van der Waals surface area contributed by atoms with Crippen LogP contribution in [0.25, 0.3) is 0 Å². The number of rotatable bonds is 15. The number of hydrogen-bond donors (Lipinski definition) is 1. The van der Waals surface area contributed by atoms with Gasteiger partial charge < -0.3 is 14.6 Å². The van der Waals surface area contributed by atoms with E-state index in [1.807, 2.05) is 55.1 Å². The Hall–Kier alpha value is -4.12. The maximum atomic E-state index is 13.4. The molecule has 0 fully saturated rings. The van der Waals surface area contributed by atoms with Crippen molar-refractivity contribution in [1.82, 2.24) is 4.57 Å². The number of anilines is 1. The third-order valence-electron chi connectivity index (χ3n) is 7.86. The van der Waals surface area contributed by atoms with E-state index < -0.39 is 0 Å². The number of esters is 1. The van der Waals surface area contributed by atoms with Crippen LogP contribution in [-0.4, -0.2) is 22.9 Å². The predicted molar refractivity (Wildman–Crippen MR) is 180 cm³/mol. The van der Waals surface area contributed by atoms with E-state index in [4.69, 9.17) is 4.74 Å². The first kappa shape index (κ1) is 32.8. The molecule has 4 rings (SSSR count). The lowest BCUT2D eigenvalue weighted by atomic mass is 9.93. The van der Waals surface area contributed by atoms with Gasteiger partial charge in [0.05, 0.1) is 12.6 Å². The summed E-state index contributed by atoms with van der Waals surface area (Å²) in [6.45, 7) is 11.2. The lowest BCUT2D eigenvalue weighted by Gasteiger charge is -2.22. The largest absolute Gasteiger partial charge is 0.466 e. The maximum absolute atomic E-state index is 13.4. The number of aryl methyl sites for hydroxylation is 2. The van der Waals surface area contributed by atoms with Crippen molar-refractivity contribution < 1.29 is 14.3 Å². The van der Waals surface area contributed by atoms with Gasteiger partial charge >= 0.3 is 5.97 Å². The topological polar surface area (TPSA) is 60.3 Å². The number of benzene rings is 3. The second kappa shape index (κ2) is 15.6. The summed E-state index contributed by atoms with van der Waals surface area (Å²) >= 11 is 0. The van der Waals surface area contributed by atoms with Gasteiger partial charge in [0.1, 0.15) is 0 Å². The van der Waals surface area contributed by atoms with Crippen LogP contribution < -0.4 is 5.32 Å². The summed E-state index contributed by atoms with van der Waals surface area (Å²) in [4.78, 5) is 25.0. The molecular formula is C39H48N2O3. The van der Waals surface area contributed by atoms with Gasteiger partial charge in [-0.05, 0) is 97.0 Å². The highest BCUT2D eigenvalue weighted by atomic mass is 16.5. The molecule has 1 N–H and O–H groups in total. The van der Waals surface area contributed by atoms with Crippen LogP contribution in [0.5, 0.6) is 0 Å². The minimum atomic E-state index is -0.180. The van der Waals surface area contributed by atoms with Crippen LogP contribution in [0.2, 0.25) is 0 Å². The molecule has 0 aliphatic rings. The highest BCUT2D eigenvalue weighted by molar-refractivity contribution is 6.09. The van der Waals surface area contributed by atoms with Crippen molar-refractivity contribution >= 4 is 17.4 Å². The molecule has 1 heterocycles. The van der Waals surface area contributed by atoms with Crippen molar-refractivity contribution in [3.63, 3.8) is 0 Å². The highest BCUT2D eigenvalue weighted by Gasteiger charge is 2.17. The molecule has 0 atom stereocenters. The summed E-state index contributed by atoms with van der Waals surface area (Å²) in [5, 5.41) is 3.74. The molecule has 4 aromatic rings. The Balaban J connectivity index is 1.50. The fraction of sp³-hybridized carbons (Fsp3) is 0.385. The van der Waals surface area contributed by atoms with Crippen molar-refractivity contribution in [1.29, 1.82) is 0 Å². The lowest BCUT2D eigenvalue weighted by Crippen LogP contribution is -2.13. The molecule has 5 nitrogen and oxygen atoms in total. The van der Waals surface area contributed by atoms with Crippen molar-refractivity contribution in [3.05, 3.63) is 124 Å². The van der Waals surface area contributed by atoms with Gasteiger partial charge in [-0.3, -0.25) is 9.59 Å². The number of nitrogens with zero attached hydrogens (tertiary/aromatic N) is 1. The number of nitrogens with one attached hydrogen (secondary N) is 1. The zero-order chi connectivity index (χ0) is 31.6. The van der Waals surface area contributed by atoms with E-state index >= 15 is 0 Å². The third kappa shape index (κ3) is 9.19.